The maximum absolute atomic E-state index is 14.3. The van der Waals surface area contributed by atoms with Crippen LogP contribution in [0.15, 0.2) is 48.8 Å². The first-order chi connectivity index (χ1) is 22.7. The molecular formula is C33H36F5N5O5. The van der Waals surface area contributed by atoms with Crippen molar-refractivity contribution >= 4 is 17.8 Å². The van der Waals surface area contributed by atoms with Crippen LogP contribution in [0.4, 0.5) is 27.9 Å². The third kappa shape index (κ3) is 8.74. The van der Waals surface area contributed by atoms with Crippen LogP contribution in [0.5, 0.6) is 11.6 Å². The van der Waals surface area contributed by atoms with Gasteiger partial charge in [-0.3, -0.25) is 19.4 Å². The van der Waals surface area contributed by atoms with E-state index in [1.807, 2.05) is 11.0 Å². The molecule has 1 aliphatic heterocycles. The number of carboxylic acids is 1. The van der Waals surface area contributed by atoms with Crippen molar-refractivity contribution in [3.05, 3.63) is 71.2 Å². The number of hydrogen-bond donors (Lipinski definition) is 2. The molecule has 2 aliphatic rings. The van der Waals surface area contributed by atoms with E-state index in [1.165, 1.54) is 25.1 Å². The quantitative estimate of drug-likeness (QED) is 0.210. The van der Waals surface area contributed by atoms with E-state index in [2.05, 4.69) is 15.0 Å². The number of carbonyl (C=O) groups excluding carboxylic acids is 1. The van der Waals surface area contributed by atoms with Crippen LogP contribution < -0.4 is 9.64 Å². The zero-order valence-electron chi connectivity index (χ0n) is 26.2. The second kappa shape index (κ2) is 14.4. The summed E-state index contributed by atoms with van der Waals surface area (Å²) in [5.41, 5.74) is 1.23. The van der Waals surface area contributed by atoms with Gasteiger partial charge >= 0.3 is 18.1 Å². The molecule has 1 unspecified atom stereocenters. The first-order valence-corrected chi connectivity index (χ1v) is 15.6. The number of aromatic nitrogens is 3. The summed E-state index contributed by atoms with van der Waals surface area (Å²) in [6.45, 7) is 1.08. The van der Waals surface area contributed by atoms with E-state index < -0.39 is 36.5 Å². The van der Waals surface area contributed by atoms with Gasteiger partial charge in [0, 0.05) is 36.3 Å². The molecule has 258 valence electrons. The third-order valence-corrected chi connectivity index (χ3v) is 8.70. The van der Waals surface area contributed by atoms with Crippen molar-refractivity contribution in [2.24, 2.45) is 11.8 Å². The van der Waals surface area contributed by atoms with Crippen molar-refractivity contribution in [1.29, 1.82) is 0 Å². The zero-order valence-corrected chi connectivity index (χ0v) is 26.2. The van der Waals surface area contributed by atoms with Crippen molar-refractivity contribution in [2.75, 3.05) is 31.1 Å². The molecule has 1 aliphatic carbocycles. The average Bonchev–Trinajstić information content (AvgIpc) is 3.87. The largest absolute Gasteiger partial charge is 0.508 e. The van der Waals surface area contributed by atoms with Gasteiger partial charge in [0.05, 0.1) is 13.0 Å². The maximum Gasteiger partial charge on any atom is 0.455 e. The fourth-order valence-electron chi connectivity index (χ4n) is 5.89. The third-order valence-electron chi connectivity index (χ3n) is 8.70. The number of amides is 1. The number of phenols is 1. The van der Waals surface area contributed by atoms with Crippen LogP contribution in [0.25, 0.3) is 0 Å². The summed E-state index contributed by atoms with van der Waals surface area (Å²) in [6.07, 6.45) is 0.318. The minimum Gasteiger partial charge on any atom is -0.508 e. The Bertz CT molecular complexity index is 1610. The summed E-state index contributed by atoms with van der Waals surface area (Å²) in [4.78, 5) is 39.3. The molecular weight excluding hydrogens is 641 g/mol. The van der Waals surface area contributed by atoms with E-state index in [4.69, 9.17) is 4.74 Å². The Balaban J connectivity index is 1.24. The molecule has 1 saturated heterocycles. The first kappa shape index (κ1) is 34.9. The van der Waals surface area contributed by atoms with Gasteiger partial charge in [0.15, 0.2) is 0 Å². The van der Waals surface area contributed by atoms with Crippen LogP contribution in [0.2, 0.25) is 0 Å². The van der Waals surface area contributed by atoms with Gasteiger partial charge in [-0.15, -0.1) is 0 Å². The van der Waals surface area contributed by atoms with Crippen LogP contribution in [0.1, 0.15) is 65.2 Å². The van der Waals surface area contributed by atoms with E-state index in [0.29, 0.717) is 44.3 Å². The number of halogens is 5. The minimum atomic E-state index is -5.92. The molecule has 1 amide bonds. The first-order valence-electron chi connectivity index (χ1n) is 15.6. The summed E-state index contributed by atoms with van der Waals surface area (Å²) < 4.78 is 74.1. The molecule has 0 bridgehead atoms. The molecule has 2 aromatic heterocycles. The van der Waals surface area contributed by atoms with Crippen LogP contribution in [0.3, 0.4) is 0 Å². The number of phenolic OH excluding ortho intramolecular Hbond substituents is 1. The summed E-state index contributed by atoms with van der Waals surface area (Å²) in [6, 6.07) is 8.68. The number of aliphatic carboxylic acids is 1. The Morgan fingerprint density at radius 2 is 1.73 bits per heavy atom. The summed E-state index contributed by atoms with van der Waals surface area (Å²) in [5, 5.41) is 19.5. The van der Waals surface area contributed by atoms with Gasteiger partial charge < -0.3 is 14.9 Å². The van der Waals surface area contributed by atoms with Crippen molar-refractivity contribution in [1.82, 2.24) is 19.9 Å². The Hall–Kier alpha value is -4.40. The normalized spacial score (nSPS) is 16.8. The summed E-state index contributed by atoms with van der Waals surface area (Å²) in [7, 11) is 0. The standard InChI is InChI=1S/C33H36F5N5O5/c1-20-6-10-40-31(41-20)43(19-32(34,35)33(36,37)38)30(47)26-5-4-25(44)14-24(26)17-42-12-8-21(9-13-42)18-48-28-15-23(7-11-39-28)27(16-29(45)46)22-2-3-22/h4-7,10-11,14-15,21-22,27,44H,2-3,8-9,12-13,16-19H2,1H3,(H,45,46). The number of aromatic hydroxyl groups is 1. The van der Waals surface area contributed by atoms with Gasteiger partial charge in [-0.25, -0.2) is 15.0 Å². The van der Waals surface area contributed by atoms with Gasteiger partial charge in [-0.1, -0.05) is 0 Å². The fraction of sp³-hybridized carbons (Fsp3) is 0.485. The lowest BCUT2D eigenvalue weighted by molar-refractivity contribution is -0.276. The zero-order chi connectivity index (χ0) is 34.6. The van der Waals surface area contributed by atoms with Crippen LogP contribution in [-0.4, -0.2) is 80.3 Å². The number of carbonyl (C=O) groups is 2. The smallest absolute Gasteiger partial charge is 0.455 e. The number of aryl methyl sites for hydroxylation is 1. The highest BCUT2D eigenvalue weighted by molar-refractivity contribution is 6.06. The molecule has 0 radical (unpaired) electrons. The van der Waals surface area contributed by atoms with E-state index >= 15 is 0 Å². The predicted octanol–water partition coefficient (Wildman–Crippen LogP) is 5.99. The van der Waals surface area contributed by atoms with Gasteiger partial charge in [0.2, 0.25) is 11.8 Å². The van der Waals surface area contributed by atoms with E-state index in [-0.39, 0.29) is 52.3 Å². The van der Waals surface area contributed by atoms with Gasteiger partial charge in [-0.2, -0.15) is 22.0 Å². The Morgan fingerprint density at radius 3 is 2.38 bits per heavy atom. The summed E-state index contributed by atoms with van der Waals surface area (Å²) >= 11 is 0. The van der Waals surface area contributed by atoms with Gasteiger partial charge in [0.1, 0.15) is 12.3 Å². The number of ether oxygens (including phenoxy) is 1. The second-order valence-corrected chi connectivity index (χ2v) is 12.4. The highest BCUT2D eigenvalue weighted by Gasteiger charge is 2.59. The second-order valence-electron chi connectivity index (χ2n) is 12.4. The fourth-order valence-corrected chi connectivity index (χ4v) is 5.89. The number of nitrogens with zero attached hydrogens (tertiary/aromatic N) is 5. The SMILES string of the molecule is Cc1ccnc(N(CC(F)(F)C(F)(F)F)C(=O)c2ccc(O)cc2CN2CCC(COc3cc(C(CC(=O)O)C4CC4)ccn3)CC2)n1. The molecule has 1 atom stereocenters. The number of alkyl halides is 5. The molecule has 3 aromatic rings. The number of rotatable bonds is 13. The lowest BCUT2D eigenvalue weighted by atomic mass is 9.92. The average molecular weight is 678 g/mol. The number of hydrogen-bond acceptors (Lipinski definition) is 8. The molecule has 1 saturated carbocycles. The molecule has 2 fully saturated rings. The van der Waals surface area contributed by atoms with Crippen molar-refractivity contribution in [3.8, 4) is 11.6 Å². The molecule has 1 aromatic carbocycles. The van der Waals surface area contributed by atoms with Crippen LogP contribution in [-0.2, 0) is 11.3 Å². The van der Waals surface area contributed by atoms with E-state index in [9.17, 15) is 41.8 Å². The number of benzene rings is 1. The molecule has 5 rings (SSSR count). The van der Waals surface area contributed by atoms with Crippen LogP contribution >= 0.6 is 0 Å². The lowest BCUT2D eigenvalue weighted by Gasteiger charge is -2.32. The molecule has 3 heterocycles. The molecule has 15 heteroatoms. The molecule has 2 N–H and O–H groups in total. The van der Waals surface area contributed by atoms with E-state index in [0.717, 1.165) is 30.7 Å². The number of anilines is 1. The predicted molar refractivity (Wildman–Crippen MR) is 163 cm³/mol. The minimum absolute atomic E-state index is 0.0524. The summed E-state index contributed by atoms with van der Waals surface area (Å²) in [5.74, 6) is -7.21. The van der Waals surface area contributed by atoms with E-state index in [1.54, 1.807) is 12.3 Å². The topological polar surface area (TPSA) is 129 Å². The number of likely N-dealkylation sites (tertiary alicyclic amines) is 1. The maximum atomic E-state index is 14.3. The number of pyridine rings is 1. The van der Waals surface area contributed by atoms with Gasteiger partial charge in [-0.05, 0) is 105 Å². The monoisotopic (exact) mass is 677 g/mol. The molecule has 0 spiro atoms. The highest BCUT2D eigenvalue weighted by Crippen LogP contribution is 2.45. The lowest BCUT2D eigenvalue weighted by Crippen LogP contribution is -2.50. The Labute approximate surface area is 273 Å². The Morgan fingerprint density at radius 1 is 1.02 bits per heavy atom. The number of piperidine rings is 1. The van der Waals surface area contributed by atoms with Crippen molar-refractivity contribution in [3.63, 3.8) is 0 Å². The Kier molecular flexibility index (Phi) is 10.5. The van der Waals surface area contributed by atoms with Crippen molar-refractivity contribution < 1.29 is 46.5 Å². The van der Waals surface area contributed by atoms with Crippen LogP contribution in [0, 0.1) is 18.8 Å². The molecule has 48 heavy (non-hydrogen) atoms. The molecule has 10 nitrogen and oxygen atoms in total. The van der Waals surface area contributed by atoms with Crippen molar-refractivity contribution in [2.45, 2.75) is 63.6 Å². The van der Waals surface area contributed by atoms with Gasteiger partial charge in [0.25, 0.3) is 5.91 Å². The highest BCUT2D eigenvalue weighted by atomic mass is 19.4. The number of carboxylic acid groups (broad SMARTS) is 1.